The second kappa shape index (κ2) is 7.22. The number of benzene rings is 1. The zero-order valence-electron chi connectivity index (χ0n) is 13.6. The Balaban J connectivity index is 2.11. The first-order chi connectivity index (χ1) is 10.5. The minimum atomic E-state index is -0.416. The Bertz CT molecular complexity index is 586. The smallest absolute Gasteiger partial charge is 0.369 e. The fraction of sp³-hybridized carbons (Fsp3) is 0.412. The maximum absolute atomic E-state index is 11.8. The Kier molecular flexibility index (Phi) is 5.33. The normalized spacial score (nSPS) is 16.4. The maximum Gasteiger partial charge on any atom is 0.369 e. The molecule has 0 spiro atoms. The van der Waals surface area contributed by atoms with Crippen molar-refractivity contribution in [3.8, 4) is 0 Å². The van der Waals surface area contributed by atoms with Crippen molar-refractivity contribution >= 4 is 11.7 Å². The van der Waals surface area contributed by atoms with E-state index in [1.807, 2.05) is 26.2 Å². The average molecular weight is 301 g/mol. The van der Waals surface area contributed by atoms with Crippen LogP contribution in [0.2, 0.25) is 0 Å². The highest BCUT2D eigenvalue weighted by Gasteiger charge is 2.26. The minimum absolute atomic E-state index is 0.416. The Hall–Kier alpha value is -2.14. The molecular weight excluding hydrogens is 278 g/mol. The largest absolute Gasteiger partial charge is 0.389 e. The van der Waals surface area contributed by atoms with Crippen molar-refractivity contribution in [2.24, 2.45) is 5.16 Å². The first-order valence-corrected chi connectivity index (χ1v) is 7.47. The SMILES string of the molecule is CC(C)c1ccc(C2=NOC(=O)/C2=C\NCCN(C)C)cc1. The van der Waals surface area contributed by atoms with Gasteiger partial charge in [0.1, 0.15) is 11.3 Å². The van der Waals surface area contributed by atoms with Crippen molar-refractivity contribution in [2.45, 2.75) is 19.8 Å². The molecule has 0 unspecified atom stereocenters. The molecule has 1 aromatic rings. The first-order valence-electron chi connectivity index (χ1n) is 7.47. The molecule has 0 bridgehead atoms. The molecule has 0 fully saturated rings. The molecule has 1 aliphatic rings. The maximum atomic E-state index is 11.8. The van der Waals surface area contributed by atoms with Crippen molar-refractivity contribution in [2.75, 3.05) is 27.2 Å². The highest BCUT2D eigenvalue weighted by molar-refractivity contribution is 6.28. The molecule has 1 heterocycles. The minimum Gasteiger partial charge on any atom is -0.389 e. The van der Waals surface area contributed by atoms with Gasteiger partial charge in [-0.25, -0.2) is 4.79 Å². The van der Waals surface area contributed by atoms with Gasteiger partial charge < -0.3 is 15.1 Å². The molecule has 118 valence electrons. The fourth-order valence-electron chi connectivity index (χ4n) is 2.11. The summed E-state index contributed by atoms with van der Waals surface area (Å²) in [5, 5.41) is 7.04. The summed E-state index contributed by atoms with van der Waals surface area (Å²) in [4.78, 5) is 18.7. The summed E-state index contributed by atoms with van der Waals surface area (Å²) in [5.41, 5.74) is 3.19. The molecule has 0 amide bonds. The molecule has 5 heteroatoms. The van der Waals surface area contributed by atoms with Crippen LogP contribution in [0.3, 0.4) is 0 Å². The van der Waals surface area contributed by atoms with Gasteiger partial charge in [-0.05, 0) is 25.6 Å². The first kappa shape index (κ1) is 16.2. The lowest BCUT2D eigenvalue weighted by molar-refractivity contribution is -0.136. The summed E-state index contributed by atoms with van der Waals surface area (Å²) >= 11 is 0. The van der Waals surface area contributed by atoms with Crippen LogP contribution in [0, 0.1) is 0 Å². The number of hydrogen-bond acceptors (Lipinski definition) is 5. The third kappa shape index (κ3) is 3.95. The van der Waals surface area contributed by atoms with Crippen LogP contribution in [-0.4, -0.2) is 43.8 Å². The molecule has 1 aromatic carbocycles. The second-order valence-electron chi connectivity index (χ2n) is 5.91. The summed E-state index contributed by atoms with van der Waals surface area (Å²) in [7, 11) is 4.00. The van der Waals surface area contributed by atoms with Gasteiger partial charge >= 0.3 is 5.97 Å². The van der Waals surface area contributed by atoms with Crippen molar-refractivity contribution in [1.82, 2.24) is 10.2 Å². The van der Waals surface area contributed by atoms with Gasteiger partial charge in [0.15, 0.2) is 0 Å². The molecular formula is C17H23N3O2. The van der Waals surface area contributed by atoms with Crippen LogP contribution in [0.25, 0.3) is 0 Å². The molecule has 0 aromatic heterocycles. The number of likely N-dealkylation sites (N-methyl/N-ethyl adjacent to an activating group) is 1. The van der Waals surface area contributed by atoms with Gasteiger partial charge in [0, 0.05) is 24.9 Å². The van der Waals surface area contributed by atoms with Gasteiger partial charge in [-0.15, -0.1) is 0 Å². The number of nitrogens with one attached hydrogen (secondary N) is 1. The van der Waals surface area contributed by atoms with E-state index in [0.29, 0.717) is 17.2 Å². The molecule has 0 aliphatic carbocycles. The molecule has 0 atom stereocenters. The molecule has 2 rings (SSSR count). The molecule has 0 saturated heterocycles. The summed E-state index contributed by atoms with van der Waals surface area (Å²) in [5.74, 6) is 0.0560. The molecule has 1 aliphatic heterocycles. The van der Waals surface area contributed by atoms with Crippen LogP contribution in [0.15, 0.2) is 41.2 Å². The van der Waals surface area contributed by atoms with E-state index in [2.05, 4.69) is 41.4 Å². The number of oxime groups is 1. The lowest BCUT2D eigenvalue weighted by atomic mass is 9.98. The Labute approximate surface area is 131 Å². The standard InChI is InChI=1S/C17H23N3O2/c1-12(2)13-5-7-14(8-6-13)16-15(17(21)22-19-16)11-18-9-10-20(3)4/h5-8,11-12,18H,9-10H2,1-4H3/b15-11-. The summed E-state index contributed by atoms with van der Waals surface area (Å²) in [6, 6.07) is 8.07. The van der Waals surface area contributed by atoms with E-state index < -0.39 is 5.97 Å². The zero-order chi connectivity index (χ0) is 16.1. The Morgan fingerprint density at radius 1 is 1.27 bits per heavy atom. The summed E-state index contributed by atoms with van der Waals surface area (Å²) in [6.45, 7) is 5.93. The molecule has 0 radical (unpaired) electrons. The molecule has 0 saturated carbocycles. The van der Waals surface area contributed by atoms with Crippen LogP contribution >= 0.6 is 0 Å². The van der Waals surface area contributed by atoms with Crippen LogP contribution in [-0.2, 0) is 9.63 Å². The highest BCUT2D eigenvalue weighted by Crippen LogP contribution is 2.20. The predicted octanol–water partition coefficient (Wildman–Crippen LogP) is 2.11. The number of carbonyl (C=O) groups excluding carboxylic acids is 1. The predicted molar refractivity (Wildman–Crippen MR) is 87.8 cm³/mol. The van der Waals surface area contributed by atoms with Gasteiger partial charge in [-0.3, -0.25) is 0 Å². The monoisotopic (exact) mass is 301 g/mol. The van der Waals surface area contributed by atoms with Gasteiger partial charge in [-0.2, -0.15) is 0 Å². The highest BCUT2D eigenvalue weighted by atomic mass is 16.7. The van der Waals surface area contributed by atoms with Crippen molar-refractivity contribution in [3.63, 3.8) is 0 Å². The van der Waals surface area contributed by atoms with Gasteiger partial charge in [-0.1, -0.05) is 43.3 Å². The number of rotatable bonds is 6. The Morgan fingerprint density at radius 3 is 2.55 bits per heavy atom. The lowest BCUT2D eigenvalue weighted by Gasteiger charge is -2.09. The van der Waals surface area contributed by atoms with Crippen LogP contribution < -0.4 is 5.32 Å². The van der Waals surface area contributed by atoms with Crippen LogP contribution in [0.5, 0.6) is 0 Å². The van der Waals surface area contributed by atoms with Crippen LogP contribution in [0.1, 0.15) is 30.9 Å². The quantitative estimate of drug-likeness (QED) is 0.497. The van der Waals surface area contributed by atoms with Crippen molar-refractivity contribution in [1.29, 1.82) is 0 Å². The van der Waals surface area contributed by atoms with Crippen molar-refractivity contribution < 1.29 is 9.63 Å². The zero-order valence-corrected chi connectivity index (χ0v) is 13.6. The van der Waals surface area contributed by atoms with E-state index in [9.17, 15) is 4.79 Å². The average Bonchev–Trinajstić information content (AvgIpc) is 2.84. The number of nitrogens with zero attached hydrogens (tertiary/aromatic N) is 2. The van der Waals surface area contributed by atoms with Gasteiger partial charge in [0.2, 0.25) is 0 Å². The van der Waals surface area contributed by atoms with E-state index in [0.717, 1.165) is 18.7 Å². The number of hydrogen-bond donors (Lipinski definition) is 1. The number of carbonyl (C=O) groups is 1. The lowest BCUT2D eigenvalue weighted by Crippen LogP contribution is -2.24. The van der Waals surface area contributed by atoms with Crippen LogP contribution in [0.4, 0.5) is 0 Å². The third-order valence-corrected chi connectivity index (χ3v) is 3.50. The third-order valence-electron chi connectivity index (χ3n) is 3.50. The van der Waals surface area contributed by atoms with E-state index in [-0.39, 0.29) is 0 Å². The summed E-state index contributed by atoms with van der Waals surface area (Å²) in [6.07, 6.45) is 1.69. The Morgan fingerprint density at radius 2 is 1.95 bits per heavy atom. The van der Waals surface area contributed by atoms with E-state index in [1.54, 1.807) is 6.20 Å². The van der Waals surface area contributed by atoms with E-state index in [1.165, 1.54) is 5.56 Å². The molecule has 5 nitrogen and oxygen atoms in total. The van der Waals surface area contributed by atoms with E-state index >= 15 is 0 Å². The fourth-order valence-corrected chi connectivity index (χ4v) is 2.11. The second-order valence-corrected chi connectivity index (χ2v) is 5.91. The van der Waals surface area contributed by atoms with Gasteiger partial charge in [0.05, 0.1) is 0 Å². The molecule has 1 N–H and O–H groups in total. The van der Waals surface area contributed by atoms with Gasteiger partial charge in [0.25, 0.3) is 0 Å². The molecule has 22 heavy (non-hydrogen) atoms. The van der Waals surface area contributed by atoms with Crippen molar-refractivity contribution in [3.05, 3.63) is 47.2 Å². The summed E-state index contributed by atoms with van der Waals surface area (Å²) < 4.78 is 0. The topological polar surface area (TPSA) is 53.9 Å². The van der Waals surface area contributed by atoms with E-state index in [4.69, 9.17) is 4.84 Å².